The van der Waals surface area contributed by atoms with Gasteiger partial charge in [-0.15, -0.1) is 12.4 Å². The SMILES string of the molecule is CCCNC(=O)c1ccc(Cl)cc1NC(=O)CC1CSCCN1.Cl. The van der Waals surface area contributed by atoms with Crippen molar-refractivity contribution in [2.75, 3.05) is 29.9 Å². The van der Waals surface area contributed by atoms with Gasteiger partial charge < -0.3 is 16.0 Å². The van der Waals surface area contributed by atoms with Crippen LogP contribution in [0.5, 0.6) is 0 Å². The summed E-state index contributed by atoms with van der Waals surface area (Å²) in [6.45, 7) is 3.50. The second kappa shape index (κ2) is 10.8. The molecule has 1 unspecified atom stereocenters. The number of thioether (sulfide) groups is 1. The molecule has 0 saturated carbocycles. The highest BCUT2D eigenvalue weighted by Crippen LogP contribution is 2.22. The van der Waals surface area contributed by atoms with Gasteiger partial charge in [0.1, 0.15) is 0 Å². The summed E-state index contributed by atoms with van der Waals surface area (Å²) in [5, 5.41) is 9.45. The van der Waals surface area contributed by atoms with Crippen LogP contribution in [0.15, 0.2) is 18.2 Å². The molecule has 8 heteroatoms. The fourth-order valence-corrected chi connectivity index (χ4v) is 3.45. The average Bonchev–Trinajstić information content (AvgIpc) is 2.53. The minimum absolute atomic E-state index is 0. The van der Waals surface area contributed by atoms with Gasteiger partial charge in [0, 0.05) is 42.1 Å². The Labute approximate surface area is 158 Å². The van der Waals surface area contributed by atoms with E-state index in [2.05, 4.69) is 16.0 Å². The second-order valence-corrected chi connectivity index (χ2v) is 7.01. The molecule has 0 aliphatic carbocycles. The van der Waals surface area contributed by atoms with Crippen molar-refractivity contribution in [1.82, 2.24) is 10.6 Å². The van der Waals surface area contributed by atoms with Crippen molar-refractivity contribution in [2.24, 2.45) is 0 Å². The van der Waals surface area contributed by atoms with E-state index >= 15 is 0 Å². The number of nitrogens with one attached hydrogen (secondary N) is 3. The Hall–Kier alpha value is -0.950. The first kappa shape index (κ1) is 21.1. The molecule has 5 nitrogen and oxygen atoms in total. The van der Waals surface area contributed by atoms with Crippen molar-refractivity contribution in [3.05, 3.63) is 28.8 Å². The van der Waals surface area contributed by atoms with Gasteiger partial charge in [-0.25, -0.2) is 0 Å². The van der Waals surface area contributed by atoms with Gasteiger partial charge in [-0.05, 0) is 24.6 Å². The molecule has 0 aromatic heterocycles. The molecule has 2 rings (SSSR count). The number of hydrogen-bond acceptors (Lipinski definition) is 4. The van der Waals surface area contributed by atoms with Gasteiger partial charge in [-0.1, -0.05) is 18.5 Å². The monoisotopic (exact) mass is 391 g/mol. The van der Waals surface area contributed by atoms with Crippen molar-refractivity contribution < 1.29 is 9.59 Å². The second-order valence-electron chi connectivity index (χ2n) is 5.42. The van der Waals surface area contributed by atoms with Crippen LogP contribution in [0.25, 0.3) is 0 Å². The van der Waals surface area contributed by atoms with Crippen LogP contribution in [-0.2, 0) is 4.79 Å². The van der Waals surface area contributed by atoms with E-state index in [0.29, 0.717) is 29.2 Å². The van der Waals surface area contributed by atoms with E-state index < -0.39 is 0 Å². The smallest absolute Gasteiger partial charge is 0.253 e. The first-order chi connectivity index (χ1) is 11.1. The zero-order valence-corrected chi connectivity index (χ0v) is 16.0. The summed E-state index contributed by atoms with van der Waals surface area (Å²) in [5.41, 5.74) is 0.891. The summed E-state index contributed by atoms with van der Waals surface area (Å²) < 4.78 is 0. The minimum Gasteiger partial charge on any atom is -0.352 e. The molecule has 0 bridgehead atoms. The number of carbonyl (C=O) groups is 2. The van der Waals surface area contributed by atoms with Crippen molar-refractivity contribution in [3.8, 4) is 0 Å². The maximum absolute atomic E-state index is 12.2. The lowest BCUT2D eigenvalue weighted by molar-refractivity contribution is -0.116. The number of carbonyl (C=O) groups excluding carboxylic acids is 2. The summed E-state index contributed by atoms with van der Waals surface area (Å²) in [6, 6.07) is 5.07. The summed E-state index contributed by atoms with van der Waals surface area (Å²) in [4.78, 5) is 24.4. The lowest BCUT2D eigenvalue weighted by atomic mass is 10.1. The standard InChI is InChI=1S/C16H22ClN3O2S.ClH/c1-2-5-19-16(22)13-4-3-11(17)8-14(13)20-15(21)9-12-10-23-7-6-18-12;/h3-4,8,12,18H,2,5-7,9-10H2,1H3,(H,19,22)(H,20,21);1H. The van der Waals surface area contributed by atoms with E-state index in [4.69, 9.17) is 11.6 Å². The molecule has 24 heavy (non-hydrogen) atoms. The van der Waals surface area contributed by atoms with Crippen LogP contribution in [0.1, 0.15) is 30.1 Å². The third kappa shape index (κ3) is 6.51. The lowest BCUT2D eigenvalue weighted by Crippen LogP contribution is -2.40. The minimum atomic E-state index is -0.204. The molecule has 1 saturated heterocycles. The van der Waals surface area contributed by atoms with Crippen molar-refractivity contribution >= 4 is 53.3 Å². The van der Waals surface area contributed by atoms with E-state index in [0.717, 1.165) is 24.5 Å². The molecule has 1 aliphatic rings. The molecule has 1 fully saturated rings. The first-order valence-electron chi connectivity index (χ1n) is 7.79. The maximum atomic E-state index is 12.2. The van der Waals surface area contributed by atoms with E-state index in [9.17, 15) is 9.59 Å². The Morgan fingerprint density at radius 3 is 2.88 bits per heavy atom. The number of amides is 2. The van der Waals surface area contributed by atoms with Crippen molar-refractivity contribution in [2.45, 2.75) is 25.8 Å². The highest BCUT2D eigenvalue weighted by atomic mass is 35.5. The van der Waals surface area contributed by atoms with Gasteiger partial charge in [0.25, 0.3) is 5.91 Å². The topological polar surface area (TPSA) is 70.2 Å². The first-order valence-corrected chi connectivity index (χ1v) is 9.32. The fraction of sp³-hybridized carbons (Fsp3) is 0.500. The van der Waals surface area contributed by atoms with Crippen LogP contribution >= 0.6 is 35.8 Å². The molecular weight excluding hydrogens is 369 g/mol. The molecular formula is C16H23Cl2N3O2S. The van der Waals surface area contributed by atoms with Gasteiger partial charge >= 0.3 is 0 Å². The molecule has 134 valence electrons. The molecule has 1 heterocycles. The fourth-order valence-electron chi connectivity index (χ4n) is 2.33. The number of halogens is 2. The predicted octanol–water partition coefficient (Wildman–Crippen LogP) is 2.94. The zero-order valence-electron chi connectivity index (χ0n) is 13.6. The van der Waals surface area contributed by atoms with E-state index in [1.807, 2.05) is 18.7 Å². The summed E-state index contributed by atoms with van der Waals surface area (Å²) >= 11 is 7.85. The van der Waals surface area contributed by atoms with Crippen LogP contribution in [0.2, 0.25) is 5.02 Å². The van der Waals surface area contributed by atoms with Gasteiger partial charge in [-0.3, -0.25) is 9.59 Å². The van der Waals surface area contributed by atoms with Crippen LogP contribution in [-0.4, -0.2) is 42.5 Å². The Morgan fingerprint density at radius 1 is 1.42 bits per heavy atom. The Balaban J connectivity index is 0.00000288. The van der Waals surface area contributed by atoms with Crippen molar-refractivity contribution in [3.63, 3.8) is 0 Å². The molecule has 1 aliphatic heterocycles. The molecule has 3 N–H and O–H groups in total. The quantitative estimate of drug-likeness (QED) is 0.696. The number of hydrogen-bond donors (Lipinski definition) is 3. The van der Waals surface area contributed by atoms with Crippen LogP contribution in [0.3, 0.4) is 0 Å². The summed E-state index contributed by atoms with van der Waals surface area (Å²) in [7, 11) is 0. The number of benzene rings is 1. The third-order valence-corrected chi connectivity index (χ3v) is 4.83. The Bertz CT molecular complexity index is 566. The molecule has 1 atom stereocenters. The van der Waals surface area contributed by atoms with E-state index in [1.165, 1.54) is 0 Å². The van der Waals surface area contributed by atoms with E-state index in [1.54, 1.807) is 18.2 Å². The van der Waals surface area contributed by atoms with Gasteiger partial charge in [0.2, 0.25) is 5.91 Å². The Kier molecular flexibility index (Phi) is 9.51. The lowest BCUT2D eigenvalue weighted by Gasteiger charge is -2.22. The molecule has 2 amide bonds. The largest absolute Gasteiger partial charge is 0.352 e. The van der Waals surface area contributed by atoms with Crippen LogP contribution in [0, 0.1) is 0 Å². The van der Waals surface area contributed by atoms with E-state index in [-0.39, 0.29) is 30.3 Å². The maximum Gasteiger partial charge on any atom is 0.253 e. The van der Waals surface area contributed by atoms with Crippen molar-refractivity contribution in [1.29, 1.82) is 0 Å². The van der Waals surface area contributed by atoms with Crippen LogP contribution < -0.4 is 16.0 Å². The third-order valence-electron chi connectivity index (χ3n) is 3.47. The molecule has 0 radical (unpaired) electrons. The molecule has 0 spiro atoms. The molecule has 1 aromatic carbocycles. The average molecular weight is 392 g/mol. The summed E-state index contributed by atoms with van der Waals surface area (Å²) in [6.07, 6.45) is 1.24. The van der Waals surface area contributed by atoms with Gasteiger partial charge in [0.15, 0.2) is 0 Å². The van der Waals surface area contributed by atoms with Gasteiger partial charge in [-0.2, -0.15) is 11.8 Å². The predicted molar refractivity (Wildman–Crippen MR) is 104 cm³/mol. The highest BCUT2D eigenvalue weighted by molar-refractivity contribution is 7.99. The van der Waals surface area contributed by atoms with Gasteiger partial charge in [0.05, 0.1) is 11.3 Å². The molecule has 1 aromatic rings. The zero-order chi connectivity index (χ0) is 16.7. The number of rotatable bonds is 6. The summed E-state index contributed by atoms with van der Waals surface area (Å²) in [5.74, 6) is 1.68. The highest BCUT2D eigenvalue weighted by Gasteiger charge is 2.19. The number of anilines is 1. The van der Waals surface area contributed by atoms with Crippen LogP contribution in [0.4, 0.5) is 5.69 Å². The Morgan fingerprint density at radius 2 is 2.21 bits per heavy atom. The normalized spacial score (nSPS) is 16.8.